The molecule has 1 aromatic rings. The molecule has 1 aromatic carbocycles. The van der Waals surface area contributed by atoms with Crippen molar-refractivity contribution in [3.8, 4) is 11.8 Å². The molecular weight excluding hydrogens is 250 g/mol. The zero-order valence-corrected chi connectivity index (χ0v) is 11.7. The summed E-state index contributed by atoms with van der Waals surface area (Å²) in [6, 6.07) is 7.90. The highest BCUT2D eigenvalue weighted by atomic mass is 16.2. The monoisotopic (exact) mass is 271 g/mol. The van der Waals surface area contributed by atoms with Crippen LogP contribution in [0.1, 0.15) is 30.4 Å². The van der Waals surface area contributed by atoms with Gasteiger partial charge in [0, 0.05) is 25.2 Å². The third kappa shape index (κ3) is 4.29. The molecule has 2 amide bonds. The lowest BCUT2D eigenvalue weighted by Gasteiger charge is -2.26. The summed E-state index contributed by atoms with van der Waals surface area (Å²) in [5, 5.41) is 2.96. The van der Waals surface area contributed by atoms with Gasteiger partial charge in [0.1, 0.15) is 0 Å². The van der Waals surface area contributed by atoms with Crippen molar-refractivity contribution in [2.24, 2.45) is 5.73 Å². The van der Waals surface area contributed by atoms with E-state index in [1.54, 1.807) is 0 Å². The number of hydrogen-bond donors (Lipinski definition) is 2. The first-order valence-corrected chi connectivity index (χ1v) is 7.10. The molecule has 0 aromatic heterocycles. The zero-order chi connectivity index (χ0) is 14.2. The third-order valence-corrected chi connectivity index (χ3v) is 3.38. The average Bonchev–Trinajstić information content (AvgIpc) is 2.52. The Balaban J connectivity index is 1.82. The van der Waals surface area contributed by atoms with Crippen LogP contribution in [0.3, 0.4) is 0 Å². The maximum Gasteiger partial charge on any atom is 0.317 e. The number of amides is 2. The number of piperidine rings is 1. The highest BCUT2D eigenvalue weighted by molar-refractivity contribution is 5.74. The topological polar surface area (TPSA) is 58.4 Å². The van der Waals surface area contributed by atoms with E-state index < -0.39 is 0 Å². The van der Waals surface area contributed by atoms with E-state index in [-0.39, 0.29) is 6.03 Å². The summed E-state index contributed by atoms with van der Waals surface area (Å²) in [4.78, 5) is 13.9. The van der Waals surface area contributed by atoms with Crippen LogP contribution in [0.15, 0.2) is 24.3 Å². The summed E-state index contributed by atoms with van der Waals surface area (Å²) in [5.74, 6) is 5.80. The molecule has 0 spiro atoms. The van der Waals surface area contributed by atoms with Gasteiger partial charge < -0.3 is 16.0 Å². The van der Waals surface area contributed by atoms with Crippen molar-refractivity contribution in [1.82, 2.24) is 10.2 Å². The first kappa shape index (κ1) is 14.4. The fraction of sp³-hybridized carbons (Fsp3) is 0.438. The van der Waals surface area contributed by atoms with Crippen LogP contribution in [0.2, 0.25) is 0 Å². The van der Waals surface area contributed by atoms with Crippen LogP contribution in [0.4, 0.5) is 4.79 Å². The molecule has 1 aliphatic heterocycles. The second-order valence-electron chi connectivity index (χ2n) is 4.91. The Morgan fingerprint density at radius 2 is 1.90 bits per heavy atom. The van der Waals surface area contributed by atoms with E-state index in [4.69, 9.17) is 5.73 Å². The van der Waals surface area contributed by atoms with Gasteiger partial charge in [-0.15, -0.1) is 0 Å². The minimum Gasteiger partial charge on any atom is -0.334 e. The molecule has 20 heavy (non-hydrogen) atoms. The van der Waals surface area contributed by atoms with E-state index in [9.17, 15) is 4.79 Å². The van der Waals surface area contributed by atoms with Gasteiger partial charge in [-0.25, -0.2) is 4.79 Å². The number of carbonyl (C=O) groups excluding carboxylic acids is 1. The first-order chi connectivity index (χ1) is 9.79. The summed E-state index contributed by atoms with van der Waals surface area (Å²) in [6.45, 7) is 2.67. The largest absolute Gasteiger partial charge is 0.334 e. The molecule has 0 unspecified atom stereocenters. The highest BCUT2D eigenvalue weighted by Gasteiger charge is 2.15. The molecule has 0 atom stereocenters. The molecule has 4 nitrogen and oxygen atoms in total. The van der Waals surface area contributed by atoms with Gasteiger partial charge >= 0.3 is 6.03 Å². The van der Waals surface area contributed by atoms with Crippen LogP contribution in [0, 0.1) is 11.8 Å². The SMILES string of the molecule is NCC#Cc1ccc(CNC(=O)N2CCCCC2)cc1. The zero-order valence-electron chi connectivity index (χ0n) is 11.7. The lowest BCUT2D eigenvalue weighted by Crippen LogP contribution is -2.42. The van der Waals surface area contributed by atoms with Crippen molar-refractivity contribution in [2.75, 3.05) is 19.6 Å². The average molecular weight is 271 g/mol. The number of nitrogens with two attached hydrogens (primary N) is 1. The lowest BCUT2D eigenvalue weighted by molar-refractivity contribution is 0.186. The minimum atomic E-state index is 0.0386. The number of urea groups is 1. The number of nitrogens with zero attached hydrogens (tertiary/aromatic N) is 1. The van der Waals surface area contributed by atoms with Crippen molar-refractivity contribution in [1.29, 1.82) is 0 Å². The number of rotatable bonds is 2. The summed E-state index contributed by atoms with van der Waals surface area (Å²) in [5.41, 5.74) is 7.36. The molecular formula is C16H21N3O. The molecule has 4 heteroatoms. The van der Waals surface area contributed by atoms with Crippen LogP contribution in [0.5, 0.6) is 0 Å². The Bertz CT molecular complexity index is 493. The van der Waals surface area contributed by atoms with Gasteiger partial charge in [-0.1, -0.05) is 24.0 Å². The van der Waals surface area contributed by atoms with E-state index >= 15 is 0 Å². The van der Waals surface area contributed by atoms with Crippen molar-refractivity contribution < 1.29 is 4.79 Å². The van der Waals surface area contributed by atoms with Gasteiger partial charge in [-0.3, -0.25) is 0 Å². The Labute approximate surface area is 120 Å². The molecule has 1 fully saturated rings. The second-order valence-corrected chi connectivity index (χ2v) is 4.91. The van der Waals surface area contributed by atoms with E-state index in [0.29, 0.717) is 13.1 Å². The van der Waals surface area contributed by atoms with Gasteiger partial charge in [0.2, 0.25) is 0 Å². The summed E-state index contributed by atoms with van der Waals surface area (Å²) in [6.07, 6.45) is 3.46. The molecule has 1 saturated heterocycles. The third-order valence-electron chi connectivity index (χ3n) is 3.38. The van der Waals surface area contributed by atoms with Crippen molar-refractivity contribution in [3.63, 3.8) is 0 Å². The maximum absolute atomic E-state index is 12.0. The van der Waals surface area contributed by atoms with Gasteiger partial charge in [-0.2, -0.15) is 0 Å². The lowest BCUT2D eigenvalue weighted by atomic mass is 10.1. The minimum absolute atomic E-state index is 0.0386. The molecule has 1 heterocycles. The number of likely N-dealkylation sites (tertiary alicyclic amines) is 1. The predicted octanol–water partition coefficient (Wildman–Crippen LogP) is 1.69. The number of hydrogen-bond acceptors (Lipinski definition) is 2. The normalized spacial score (nSPS) is 14.3. The number of benzene rings is 1. The molecule has 2 rings (SSSR count). The summed E-state index contributed by atoms with van der Waals surface area (Å²) >= 11 is 0. The van der Waals surface area contributed by atoms with Gasteiger partial charge in [0.05, 0.1) is 6.54 Å². The molecule has 106 valence electrons. The fourth-order valence-corrected chi connectivity index (χ4v) is 2.25. The smallest absolute Gasteiger partial charge is 0.317 e. The maximum atomic E-state index is 12.0. The fourth-order valence-electron chi connectivity index (χ4n) is 2.25. The van der Waals surface area contributed by atoms with Crippen molar-refractivity contribution >= 4 is 6.03 Å². The van der Waals surface area contributed by atoms with Crippen LogP contribution in [-0.4, -0.2) is 30.6 Å². The van der Waals surface area contributed by atoms with Crippen LogP contribution < -0.4 is 11.1 Å². The molecule has 3 N–H and O–H groups in total. The van der Waals surface area contributed by atoms with Crippen LogP contribution in [0.25, 0.3) is 0 Å². The van der Waals surface area contributed by atoms with Crippen LogP contribution in [-0.2, 0) is 6.54 Å². The van der Waals surface area contributed by atoms with Gasteiger partial charge in [0.25, 0.3) is 0 Å². The Morgan fingerprint density at radius 1 is 1.20 bits per heavy atom. The molecule has 0 bridgehead atoms. The molecule has 1 aliphatic rings. The van der Waals surface area contributed by atoms with Crippen LogP contribution >= 0.6 is 0 Å². The summed E-state index contributed by atoms with van der Waals surface area (Å²) < 4.78 is 0. The van der Waals surface area contributed by atoms with E-state index in [0.717, 1.165) is 37.1 Å². The Kier molecular flexibility index (Phi) is 5.45. The first-order valence-electron chi connectivity index (χ1n) is 7.10. The molecule has 0 radical (unpaired) electrons. The molecule has 0 saturated carbocycles. The van der Waals surface area contributed by atoms with E-state index in [2.05, 4.69) is 17.2 Å². The van der Waals surface area contributed by atoms with Gasteiger partial charge in [0.15, 0.2) is 0 Å². The van der Waals surface area contributed by atoms with E-state index in [1.165, 1.54) is 6.42 Å². The Morgan fingerprint density at radius 3 is 2.55 bits per heavy atom. The number of carbonyl (C=O) groups is 1. The Hall–Kier alpha value is -1.99. The van der Waals surface area contributed by atoms with Crippen molar-refractivity contribution in [2.45, 2.75) is 25.8 Å². The standard InChI is InChI=1S/C16H21N3O/c17-10-4-5-14-6-8-15(9-7-14)13-18-16(20)19-11-2-1-3-12-19/h6-9H,1-3,10-13,17H2,(H,18,20). The van der Waals surface area contributed by atoms with Gasteiger partial charge in [-0.05, 0) is 37.0 Å². The van der Waals surface area contributed by atoms with E-state index in [1.807, 2.05) is 29.2 Å². The quantitative estimate of drug-likeness (QED) is 0.804. The molecule has 0 aliphatic carbocycles. The van der Waals surface area contributed by atoms with Crippen molar-refractivity contribution in [3.05, 3.63) is 35.4 Å². The second kappa shape index (κ2) is 7.56. The number of nitrogens with one attached hydrogen (secondary N) is 1. The predicted molar refractivity (Wildman–Crippen MR) is 80.0 cm³/mol. The highest BCUT2D eigenvalue weighted by Crippen LogP contribution is 2.09. The summed E-state index contributed by atoms with van der Waals surface area (Å²) in [7, 11) is 0.